The maximum atomic E-state index is 4.30. The molecule has 0 saturated heterocycles. The summed E-state index contributed by atoms with van der Waals surface area (Å²) in [6.45, 7) is 10.9. The van der Waals surface area contributed by atoms with E-state index in [2.05, 4.69) is 50.5 Å². The van der Waals surface area contributed by atoms with Crippen LogP contribution in [0.5, 0.6) is 0 Å². The first-order valence-electron chi connectivity index (χ1n) is 4.47. The molecule has 0 aliphatic heterocycles. The second kappa shape index (κ2) is 2.92. The molecule has 0 radical (unpaired) electrons. The van der Waals surface area contributed by atoms with E-state index in [1.807, 2.05) is 6.20 Å². The van der Waals surface area contributed by atoms with E-state index in [9.17, 15) is 0 Å². The Kier molecular flexibility index (Phi) is 2.27. The second-order valence-electron chi connectivity index (χ2n) is 4.50. The molecular formula is C10H18N2. The van der Waals surface area contributed by atoms with Crippen LogP contribution >= 0.6 is 0 Å². The second-order valence-corrected chi connectivity index (χ2v) is 4.50. The van der Waals surface area contributed by atoms with Crippen LogP contribution in [0.4, 0.5) is 0 Å². The van der Waals surface area contributed by atoms with Gasteiger partial charge in [-0.05, 0) is 19.9 Å². The van der Waals surface area contributed by atoms with Gasteiger partial charge in [-0.15, -0.1) is 0 Å². The molecule has 0 saturated carbocycles. The Labute approximate surface area is 74.6 Å². The van der Waals surface area contributed by atoms with Crippen LogP contribution in [0.3, 0.4) is 0 Å². The minimum absolute atomic E-state index is 0.195. The SMILES string of the molecule is CC(C)n1nccc1C(C)(C)C. The third kappa shape index (κ3) is 1.68. The molecule has 0 aliphatic rings. The first-order valence-corrected chi connectivity index (χ1v) is 4.47. The fourth-order valence-electron chi connectivity index (χ4n) is 1.32. The Morgan fingerprint density at radius 2 is 1.92 bits per heavy atom. The molecule has 0 bridgehead atoms. The molecule has 0 aliphatic carbocycles. The van der Waals surface area contributed by atoms with E-state index in [0.717, 1.165) is 0 Å². The Morgan fingerprint density at radius 3 is 2.25 bits per heavy atom. The van der Waals surface area contributed by atoms with Crippen molar-refractivity contribution < 1.29 is 0 Å². The average Bonchev–Trinajstić information content (AvgIpc) is 2.30. The molecule has 0 amide bonds. The van der Waals surface area contributed by atoms with Crippen molar-refractivity contribution in [2.75, 3.05) is 0 Å². The summed E-state index contributed by atoms with van der Waals surface area (Å²) in [5, 5.41) is 4.30. The maximum Gasteiger partial charge on any atom is 0.0492 e. The van der Waals surface area contributed by atoms with Crippen LogP contribution in [-0.4, -0.2) is 9.78 Å². The van der Waals surface area contributed by atoms with Crippen molar-refractivity contribution in [2.45, 2.75) is 46.1 Å². The lowest BCUT2D eigenvalue weighted by Gasteiger charge is -2.22. The lowest BCUT2D eigenvalue weighted by atomic mass is 9.92. The van der Waals surface area contributed by atoms with Crippen LogP contribution in [0.1, 0.15) is 46.4 Å². The summed E-state index contributed by atoms with van der Waals surface area (Å²) in [6, 6.07) is 2.55. The molecule has 2 heteroatoms. The van der Waals surface area contributed by atoms with Gasteiger partial charge in [0.2, 0.25) is 0 Å². The molecule has 0 fully saturated rings. The largest absolute Gasteiger partial charge is 0.267 e. The summed E-state index contributed by atoms with van der Waals surface area (Å²) in [6.07, 6.45) is 1.88. The normalized spacial score (nSPS) is 12.5. The molecule has 1 rings (SSSR count). The number of aromatic nitrogens is 2. The van der Waals surface area contributed by atoms with Crippen LogP contribution in [0.25, 0.3) is 0 Å². The lowest BCUT2D eigenvalue weighted by Crippen LogP contribution is -2.19. The Balaban J connectivity index is 3.08. The molecule has 0 atom stereocenters. The lowest BCUT2D eigenvalue weighted by molar-refractivity contribution is 0.446. The number of hydrogen-bond acceptors (Lipinski definition) is 1. The summed E-state index contributed by atoms with van der Waals surface area (Å²) in [5.74, 6) is 0. The Morgan fingerprint density at radius 1 is 1.33 bits per heavy atom. The first-order chi connectivity index (χ1) is 5.43. The minimum atomic E-state index is 0.195. The summed E-state index contributed by atoms with van der Waals surface area (Å²) in [4.78, 5) is 0. The smallest absolute Gasteiger partial charge is 0.0492 e. The van der Waals surface area contributed by atoms with Crippen molar-refractivity contribution >= 4 is 0 Å². The van der Waals surface area contributed by atoms with Gasteiger partial charge in [0.05, 0.1) is 0 Å². The van der Waals surface area contributed by atoms with E-state index in [1.54, 1.807) is 0 Å². The molecule has 0 aromatic carbocycles. The molecule has 68 valence electrons. The van der Waals surface area contributed by atoms with Crippen molar-refractivity contribution in [3.8, 4) is 0 Å². The highest BCUT2D eigenvalue weighted by molar-refractivity contribution is 5.12. The predicted octanol–water partition coefficient (Wildman–Crippen LogP) is 2.76. The summed E-state index contributed by atoms with van der Waals surface area (Å²) in [7, 11) is 0. The third-order valence-corrected chi connectivity index (χ3v) is 1.93. The van der Waals surface area contributed by atoms with Crippen molar-refractivity contribution in [3.63, 3.8) is 0 Å². The van der Waals surface area contributed by atoms with Gasteiger partial charge in [0, 0.05) is 23.3 Å². The monoisotopic (exact) mass is 166 g/mol. The third-order valence-electron chi connectivity index (χ3n) is 1.93. The fraction of sp³-hybridized carbons (Fsp3) is 0.700. The van der Waals surface area contributed by atoms with Gasteiger partial charge in [-0.3, -0.25) is 4.68 Å². The van der Waals surface area contributed by atoms with Crippen molar-refractivity contribution in [2.24, 2.45) is 0 Å². The van der Waals surface area contributed by atoms with Crippen LogP contribution in [0.15, 0.2) is 12.3 Å². The molecule has 1 aromatic heterocycles. The molecule has 2 nitrogen and oxygen atoms in total. The van der Waals surface area contributed by atoms with E-state index in [-0.39, 0.29) is 5.41 Å². The zero-order chi connectivity index (χ0) is 9.35. The van der Waals surface area contributed by atoms with Gasteiger partial charge in [-0.1, -0.05) is 20.8 Å². The molecular weight excluding hydrogens is 148 g/mol. The first kappa shape index (κ1) is 9.30. The van der Waals surface area contributed by atoms with E-state index < -0.39 is 0 Å². The summed E-state index contributed by atoms with van der Waals surface area (Å²) < 4.78 is 2.08. The van der Waals surface area contributed by atoms with Crippen molar-refractivity contribution in [3.05, 3.63) is 18.0 Å². The summed E-state index contributed by atoms with van der Waals surface area (Å²) in [5.41, 5.74) is 1.50. The minimum Gasteiger partial charge on any atom is -0.267 e. The fourth-order valence-corrected chi connectivity index (χ4v) is 1.32. The highest BCUT2D eigenvalue weighted by Gasteiger charge is 2.19. The van der Waals surface area contributed by atoms with Gasteiger partial charge in [-0.2, -0.15) is 5.10 Å². The molecule has 0 spiro atoms. The van der Waals surface area contributed by atoms with Gasteiger partial charge in [0.25, 0.3) is 0 Å². The van der Waals surface area contributed by atoms with Crippen molar-refractivity contribution in [1.29, 1.82) is 0 Å². The van der Waals surface area contributed by atoms with Crippen LogP contribution in [0, 0.1) is 0 Å². The number of hydrogen-bond donors (Lipinski definition) is 0. The zero-order valence-electron chi connectivity index (χ0n) is 8.63. The summed E-state index contributed by atoms with van der Waals surface area (Å²) >= 11 is 0. The molecule has 0 N–H and O–H groups in total. The van der Waals surface area contributed by atoms with E-state index in [0.29, 0.717) is 6.04 Å². The van der Waals surface area contributed by atoms with E-state index in [1.165, 1.54) is 5.69 Å². The highest BCUT2D eigenvalue weighted by atomic mass is 15.3. The van der Waals surface area contributed by atoms with Crippen molar-refractivity contribution in [1.82, 2.24) is 9.78 Å². The van der Waals surface area contributed by atoms with Gasteiger partial charge >= 0.3 is 0 Å². The molecule has 1 heterocycles. The highest BCUT2D eigenvalue weighted by Crippen LogP contribution is 2.23. The standard InChI is InChI=1S/C10H18N2/c1-8(2)12-9(6-7-11-12)10(3,4)5/h6-8H,1-5H3. The quantitative estimate of drug-likeness (QED) is 0.627. The Hall–Kier alpha value is -0.790. The van der Waals surface area contributed by atoms with Crippen LogP contribution in [0.2, 0.25) is 0 Å². The van der Waals surface area contributed by atoms with E-state index in [4.69, 9.17) is 0 Å². The topological polar surface area (TPSA) is 17.8 Å². The number of rotatable bonds is 1. The molecule has 0 unspecified atom stereocenters. The Bertz CT molecular complexity index is 253. The van der Waals surface area contributed by atoms with Gasteiger partial charge < -0.3 is 0 Å². The predicted molar refractivity (Wildman–Crippen MR) is 51.3 cm³/mol. The molecule has 12 heavy (non-hydrogen) atoms. The average molecular weight is 166 g/mol. The van der Waals surface area contributed by atoms with Crippen LogP contribution in [-0.2, 0) is 5.41 Å². The van der Waals surface area contributed by atoms with Gasteiger partial charge in [0.15, 0.2) is 0 Å². The zero-order valence-corrected chi connectivity index (χ0v) is 8.63. The maximum absolute atomic E-state index is 4.30. The van der Waals surface area contributed by atoms with E-state index >= 15 is 0 Å². The van der Waals surface area contributed by atoms with Gasteiger partial charge in [0.1, 0.15) is 0 Å². The van der Waals surface area contributed by atoms with Crippen LogP contribution < -0.4 is 0 Å². The molecule has 1 aromatic rings. The number of nitrogens with zero attached hydrogens (tertiary/aromatic N) is 2. The van der Waals surface area contributed by atoms with Gasteiger partial charge in [-0.25, -0.2) is 0 Å².